The van der Waals surface area contributed by atoms with Crippen LogP contribution in [-0.2, 0) is 4.79 Å². The van der Waals surface area contributed by atoms with Gasteiger partial charge < -0.3 is 14.8 Å². The first-order valence-corrected chi connectivity index (χ1v) is 10.5. The van der Waals surface area contributed by atoms with Crippen molar-refractivity contribution in [1.29, 1.82) is 0 Å². The van der Waals surface area contributed by atoms with Crippen molar-refractivity contribution in [3.63, 3.8) is 0 Å². The van der Waals surface area contributed by atoms with Crippen LogP contribution in [0.2, 0.25) is 0 Å². The third kappa shape index (κ3) is 3.76. The molecule has 0 spiro atoms. The van der Waals surface area contributed by atoms with Crippen molar-refractivity contribution >= 4 is 22.8 Å². The predicted molar refractivity (Wildman–Crippen MR) is 127 cm³/mol. The minimum atomic E-state index is -0.178. The number of aromatic nitrogens is 5. The lowest BCUT2D eigenvalue weighted by Gasteiger charge is -2.07. The van der Waals surface area contributed by atoms with E-state index < -0.39 is 0 Å². The molecule has 0 radical (unpaired) electrons. The second-order valence-electron chi connectivity index (χ2n) is 8.03. The van der Waals surface area contributed by atoms with Gasteiger partial charge in [0.05, 0.1) is 33.7 Å². The van der Waals surface area contributed by atoms with Gasteiger partial charge in [0.25, 0.3) is 0 Å². The summed E-state index contributed by atoms with van der Waals surface area (Å²) in [6, 6.07) is 9.79. The summed E-state index contributed by atoms with van der Waals surface area (Å²) in [5.41, 5.74) is 8.80. The first-order valence-electron chi connectivity index (χ1n) is 10.5. The number of aromatic amines is 1. The molecule has 33 heavy (non-hydrogen) atoms. The van der Waals surface area contributed by atoms with Crippen molar-refractivity contribution in [2.24, 2.45) is 0 Å². The van der Waals surface area contributed by atoms with Crippen molar-refractivity contribution in [2.45, 2.75) is 27.7 Å². The number of rotatable bonds is 4. The molecule has 0 aliphatic carbocycles. The second kappa shape index (κ2) is 7.98. The van der Waals surface area contributed by atoms with Gasteiger partial charge in [-0.1, -0.05) is 11.2 Å². The van der Waals surface area contributed by atoms with Crippen molar-refractivity contribution < 1.29 is 9.32 Å². The average molecular weight is 438 g/mol. The number of nitrogens with one attached hydrogen (secondary N) is 2. The van der Waals surface area contributed by atoms with Crippen LogP contribution in [0.5, 0.6) is 0 Å². The number of carbonyl (C=O) groups is 1. The number of carbonyl (C=O) groups excluding carboxylic acids is 1. The highest BCUT2D eigenvalue weighted by Crippen LogP contribution is 2.38. The fourth-order valence-electron chi connectivity index (χ4n) is 4.02. The van der Waals surface area contributed by atoms with Crippen LogP contribution in [0, 0.1) is 20.8 Å². The molecular formula is C25H22N6O2. The van der Waals surface area contributed by atoms with Crippen LogP contribution < -0.4 is 5.32 Å². The molecule has 5 heterocycles. The molecule has 5 aromatic rings. The summed E-state index contributed by atoms with van der Waals surface area (Å²) in [6.45, 7) is 7.27. The van der Waals surface area contributed by atoms with Gasteiger partial charge in [-0.15, -0.1) is 0 Å². The highest BCUT2D eigenvalue weighted by molar-refractivity contribution is 6.02. The fourth-order valence-corrected chi connectivity index (χ4v) is 4.02. The Balaban J connectivity index is 1.74. The minimum absolute atomic E-state index is 0.178. The number of nitrogens with zero attached hydrogens (tertiary/aromatic N) is 4. The highest BCUT2D eigenvalue weighted by Gasteiger charge is 2.20. The van der Waals surface area contributed by atoms with E-state index in [1.54, 1.807) is 6.20 Å². The minimum Gasteiger partial charge on any atom is -0.361 e. The molecule has 8 heteroatoms. The molecule has 0 fully saturated rings. The van der Waals surface area contributed by atoms with Crippen LogP contribution in [-0.4, -0.2) is 31.0 Å². The molecule has 5 aromatic heterocycles. The lowest BCUT2D eigenvalue weighted by Crippen LogP contribution is -2.07. The maximum absolute atomic E-state index is 11.5. The van der Waals surface area contributed by atoms with Crippen LogP contribution in [0.15, 0.2) is 53.4 Å². The molecule has 0 atom stereocenters. The number of aryl methyl sites for hydroxylation is 3. The second-order valence-corrected chi connectivity index (χ2v) is 8.03. The number of amides is 1. The average Bonchev–Trinajstić information content (AvgIpc) is 3.33. The molecule has 0 unspecified atom stereocenters. The van der Waals surface area contributed by atoms with Gasteiger partial charge >= 0.3 is 0 Å². The SMILES string of the molecule is CC(=O)Nc1cc(-c2[nH]c3cc(-c4c(C)noc4C)cnc3c2-c2ccc(C)cn2)ccn1. The summed E-state index contributed by atoms with van der Waals surface area (Å²) < 4.78 is 5.35. The third-order valence-electron chi connectivity index (χ3n) is 5.48. The smallest absolute Gasteiger partial charge is 0.222 e. The molecule has 5 rings (SSSR count). The zero-order valence-electron chi connectivity index (χ0n) is 18.7. The van der Waals surface area contributed by atoms with E-state index in [1.807, 2.05) is 63.5 Å². The summed E-state index contributed by atoms with van der Waals surface area (Å²) in [6.07, 6.45) is 5.34. The normalized spacial score (nSPS) is 11.2. The summed E-state index contributed by atoms with van der Waals surface area (Å²) >= 11 is 0. The Morgan fingerprint density at radius 1 is 0.970 bits per heavy atom. The van der Waals surface area contributed by atoms with Crippen molar-refractivity contribution in [3.8, 4) is 33.6 Å². The van der Waals surface area contributed by atoms with E-state index in [9.17, 15) is 4.79 Å². The van der Waals surface area contributed by atoms with Gasteiger partial charge in [0, 0.05) is 42.2 Å². The Labute approximate surface area is 190 Å². The predicted octanol–water partition coefficient (Wildman–Crippen LogP) is 5.23. The first kappa shape index (κ1) is 20.6. The largest absolute Gasteiger partial charge is 0.361 e. The van der Waals surface area contributed by atoms with E-state index in [-0.39, 0.29) is 5.91 Å². The molecule has 0 aliphatic rings. The number of fused-ring (bicyclic) bond motifs is 1. The summed E-state index contributed by atoms with van der Waals surface area (Å²) in [4.78, 5) is 28.8. The van der Waals surface area contributed by atoms with Gasteiger partial charge in [0.1, 0.15) is 11.6 Å². The zero-order valence-corrected chi connectivity index (χ0v) is 18.7. The van der Waals surface area contributed by atoms with Crippen molar-refractivity contribution in [3.05, 3.63) is 65.9 Å². The molecule has 0 saturated carbocycles. The summed E-state index contributed by atoms with van der Waals surface area (Å²) in [5.74, 6) is 1.04. The fraction of sp³-hybridized carbons (Fsp3) is 0.160. The quantitative estimate of drug-likeness (QED) is 0.398. The Hall–Kier alpha value is -4.33. The standard InChI is InChI=1S/C25H22N6O2/c1-13-5-6-19(27-11-13)23-24(17-7-8-26-21(10-17)29-16(4)32)30-20-9-18(12-28-25(20)23)22-14(2)31-33-15(22)3/h5-12,30H,1-4H3,(H,26,29,32). The van der Waals surface area contributed by atoms with Gasteiger partial charge in [-0.2, -0.15) is 0 Å². The zero-order chi connectivity index (χ0) is 23.1. The molecule has 0 bridgehead atoms. The number of pyridine rings is 3. The topological polar surface area (TPSA) is 110 Å². The van der Waals surface area contributed by atoms with Crippen LogP contribution in [0.25, 0.3) is 44.7 Å². The van der Waals surface area contributed by atoms with E-state index in [4.69, 9.17) is 9.51 Å². The van der Waals surface area contributed by atoms with Crippen LogP contribution >= 0.6 is 0 Å². The Morgan fingerprint density at radius 2 is 1.82 bits per heavy atom. The van der Waals surface area contributed by atoms with E-state index in [0.29, 0.717) is 5.82 Å². The molecule has 1 amide bonds. The van der Waals surface area contributed by atoms with Gasteiger partial charge in [0.15, 0.2) is 0 Å². The van der Waals surface area contributed by atoms with E-state index in [1.165, 1.54) is 6.92 Å². The van der Waals surface area contributed by atoms with Crippen LogP contribution in [0.4, 0.5) is 5.82 Å². The maximum atomic E-state index is 11.5. The van der Waals surface area contributed by atoms with Crippen LogP contribution in [0.3, 0.4) is 0 Å². The van der Waals surface area contributed by atoms with E-state index in [2.05, 4.69) is 25.4 Å². The Morgan fingerprint density at radius 3 is 2.52 bits per heavy atom. The molecule has 164 valence electrons. The van der Waals surface area contributed by atoms with Crippen molar-refractivity contribution in [1.82, 2.24) is 25.1 Å². The Bertz CT molecular complexity index is 1480. The van der Waals surface area contributed by atoms with Crippen molar-refractivity contribution in [2.75, 3.05) is 5.32 Å². The lowest BCUT2D eigenvalue weighted by molar-refractivity contribution is -0.114. The monoisotopic (exact) mass is 438 g/mol. The maximum Gasteiger partial charge on any atom is 0.222 e. The number of hydrogen-bond donors (Lipinski definition) is 2. The van der Waals surface area contributed by atoms with Gasteiger partial charge in [-0.05, 0) is 50.6 Å². The first-order chi connectivity index (χ1) is 15.9. The summed E-state index contributed by atoms with van der Waals surface area (Å²) in [7, 11) is 0. The van der Waals surface area contributed by atoms with Gasteiger partial charge in [0.2, 0.25) is 5.91 Å². The molecular weight excluding hydrogens is 416 g/mol. The third-order valence-corrected chi connectivity index (χ3v) is 5.48. The highest BCUT2D eigenvalue weighted by atomic mass is 16.5. The Kier molecular flexibility index (Phi) is 4.97. The molecule has 0 saturated heterocycles. The molecule has 2 N–H and O–H groups in total. The number of hydrogen-bond acceptors (Lipinski definition) is 6. The van der Waals surface area contributed by atoms with Gasteiger partial charge in [-0.25, -0.2) is 4.98 Å². The van der Waals surface area contributed by atoms with Gasteiger partial charge in [-0.3, -0.25) is 14.8 Å². The van der Waals surface area contributed by atoms with E-state index in [0.717, 1.165) is 61.7 Å². The molecule has 0 aromatic carbocycles. The summed E-state index contributed by atoms with van der Waals surface area (Å²) in [5, 5.41) is 6.81. The van der Waals surface area contributed by atoms with Crippen LogP contribution in [0.1, 0.15) is 23.9 Å². The lowest BCUT2D eigenvalue weighted by atomic mass is 10.0. The van der Waals surface area contributed by atoms with E-state index >= 15 is 0 Å². The molecule has 8 nitrogen and oxygen atoms in total. The number of anilines is 1. The molecule has 0 aliphatic heterocycles. The number of H-pyrrole nitrogens is 1.